The molecular weight excluding hydrogens is 314 g/mol. The van der Waals surface area contributed by atoms with Gasteiger partial charge in [-0.25, -0.2) is 4.68 Å². The summed E-state index contributed by atoms with van der Waals surface area (Å²) >= 11 is 3.52. The van der Waals surface area contributed by atoms with Gasteiger partial charge in [0.1, 0.15) is 0 Å². The Balaban J connectivity index is 2.61. The number of halogens is 1. The molecule has 1 aromatic carbocycles. The van der Waals surface area contributed by atoms with Crippen LogP contribution in [0.2, 0.25) is 0 Å². The minimum absolute atomic E-state index is 0.877. The first-order valence-corrected chi connectivity index (χ1v) is 7.92. The standard InChI is InChI=1S/C16H22BrN3/c1-5-14-13(10-18-4)15(6-2)20(19-14)16-8-7-12(17)9-11(16)3/h7-9,18H,5-6,10H2,1-4H3. The second-order valence-electron chi connectivity index (χ2n) is 4.95. The van der Waals surface area contributed by atoms with E-state index >= 15 is 0 Å². The lowest BCUT2D eigenvalue weighted by Crippen LogP contribution is -2.09. The zero-order valence-corrected chi connectivity index (χ0v) is 14.2. The third-order valence-electron chi connectivity index (χ3n) is 3.58. The summed E-state index contributed by atoms with van der Waals surface area (Å²) in [6.45, 7) is 7.37. The summed E-state index contributed by atoms with van der Waals surface area (Å²) in [6.07, 6.45) is 1.95. The van der Waals surface area contributed by atoms with Crippen molar-refractivity contribution in [1.29, 1.82) is 0 Å². The lowest BCUT2D eigenvalue weighted by Gasteiger charge is -2.11. The Morgan fingerprint density at radius 1 is 1.25 bits per heavy atom. The number of nitrogens with zero attached hydrogens (tertiary/aromatic N) is 2. The van der Waals surface area contributed by atoms with Gasteiger partial charge < -0.3 is 5.32 Å². The van der Waals surface area contributed by atoms with Gasteiger partial charge in [-0.15, -0.1) is 0 Å². The van der Waals surface area contributed by atoms with Crippen molar-refractivity contribution in [2.45, 2.75) is 40.2 Å². The van der Waals surface area contributed by atoms with Crippen LogP contribution in [0.1, 0.15) is 36.4 Å². The average molecular weight is 336 g/mol. The molecule has 1 heterocycles. The third-order valence-corrected chi connectivity index (χ3v) is 4.08. The molecule has 1 aromatic heterocycles. The zero-order chi connectivity index (χ0) is 14.7. The number of hydrogen-bond acceptors (Lipinski definition) is 2. The summed E-state index contributed by atoms with van der Waals surface area (Å²) in [5.41, 5.74) is 6.25. The third kappa shape index (κ3) is 2.81. The smallest absolute Gasteiger partial charge is 0.0678 e. The van der Waals surface area contributed by atoms with Crippen LogP contribution in [-0.2, 0) is 19.4 Å². The summed E-state index contributed by atoms with van der Waals surface area (Å²) in [5.74, 6) is 0. The average Bonchev–Trinajstić information content (AvgIpc) is 2.77. The topological polar surface area (TPSA) is 29.9 Å². The van der Waals surface area contributed by atoms with E-state index in [-0.39, 0.29) is 0 Å². The number of benzene rings is 1. The molecule has 0 aliphatic rings. The van der Waals surface area contributed by atoms with E-state index in [0.717, 1.165) is 23.9 Å². The molecule has 2 rings (SSSR count). The SMILES string of the molecule is CCc1nn(-c2ccc(Br)cc2C)c(CC)c1CNC. The molecule has 4 heteroatoms. The normalized spacial score (nSPS) is 11.1. The Kier molecular flexibility index (Phi) is 5.00. The van der Waals surface area contributed by atoms with E-state index in [1.165, 1.54) is 28.2 Å². The van der Waals surface area contributed by atoms with E-state index in [9.17, 15) is 0 Å². The minimum atomic E-state index is 0.877. The fourth-order valence-corrected chi connectivity index (χ4v) is 3.10. The van der Waals surface area contributed by atoms with Gasteiger partial charge in [0.15, 0.2) is 0 Å². The Labute approximate surface area is 129 Å². The molecule has 0 saturated heterocycles. The lowest BCUT2D eigenvalue weighted by molar-refractivity contribution is 0.776. The minimum Gasteiger partial charge on any atom is -0.316 e. The predicted molar refractivity (Wildman–Crippen MR) is 87.5 cm³/mol. The van der Waals surface area contributed by atoms with Crippen molar-refractivity contribution in [2.75, 3.05) is 7.05 Å². The maximum Gasteiger partial charge on any atom is 0.0678 e. The first kappa shape index (κ1) is 15.3. The van der Waals surface area contributed by atoms with Crippen LogP contribution in [0.5, 0.6) is 0 Å². The molecule has 0 fully saturated rings. The Morgan fingerprint density at radius 2 is 2.00 bits per heavy atom. The molecule has 108 valence electrons. The van der Waals surface area contributed by atoms with Crippen LogP contribution < -0.4 is 5.32 Å². The number of nitrogens with one attached hydrogen (secondary N) is 1. The molecule has 0 spiro atoms. The van der Waals surface area contributed by atoms with Gasteiger partial charge in [-0.1, -0.05) is 29.8 Å². The number of rotatable bonds is 5. The van der Waals surface area contributed by atoms with Crippen LogP contribution in [0.4, 0.5) is 0 Å². The van der Waals surface area contributed by atoms with Crippen molar-refractivity contribution in [1.82, 2.24) is 15.1 Å². The van der Waals surface area contributed by atoms with Crippen molar-refractivity contribution in [3.8, 4) is 5.69 Å². The van der Waals surface area contributed by atoms with E-state index < -0.39 is 0 Å². The highest BCUT2D eigenvalue weighted by Gasteiger charge is 2.16. The first-order chi connectivity index (χ1) is 9.62. The van der Waals surface area contributed by atoms with Gasteiger partial charge in [0.05, 0.1) is 11.4 Å². The fraction of sp³-hybridized carbons (Fsp3) is 0.438. The summed E-state index contributed by atoms with van der Waals surface area (Å²) in [6, 6.07) is 6.35. The van der Waals surface area contributed by atoms with E-state index in [4.69, 9.17) is 5.10 Å². The van der Waals surface area contributed by atoms with Crippen LogP contribution in [0.15, 0.2) is 22.7 Å². The Bertz CT molecular complexity index is 602. The quantitative estimate of drug-likeness (QED) is 0.900. The maximum absolute atomic E-state index is 4.84. The molecule has 2 aromatic rings. The van der Waals surface area contributed by atoms with Crippen LogP contribution in [-0.4, -0.2) is 16.8 Å². The van der Waals surface area contributed by atoms with E-state index in [1.807, 2.05) is 7.05 Å². The van der Waals surface area contributed by atoms with Crippen molar-refractivity contribution in [3.05, 3.63) is 45.2 Å². The number of hydrogen-bond donors (Lipinski definition) is 1. The van der Waals surface area contributed by atoms with Crippen LogP contribution in [0, 0.1) is 6.92 Å². The summed E-state index contributed by atoms with van der Waals surface area (Å²) in [4.78, 5) is 0. The molecule has 0 bridgehead atoms. The van der Waals surface area contributed by atoms with Crippen molar-refractivity contribution < 1.29 is 0 Å². The summed E-state index contributed by atoms with van der Waals surface area (Å²) in [7, 11) is 1.99. The van der Waals surface area contributed by atoms with Gasteiger partial charge in [-0.05, 0) is 50.6 Å². The zero-order valence-electron chi connectivity index (χ0n) is 12.6. The van der Waals surface area contributed by atoms with Gasteiger partial charge >= 0.3 is 0 Å². The lowest BCUT2D eigenvalue weighted by atomic mass is 10.1. The largest absolute Gasteiger partial charge is 0.316 e. The van der Waals surface area contributed by atoms with Crippen LogP contribution >= 0.6 is 15.9 Å². The molecule has 20 heavy (non-hydrogen) atoms. The Morgan fingerprint density at radius 3 is 2.55 bits per heavy atom. The molecular formula is C16H22BrN3. The molecule has 0 amide bonds. The highest BCUT2D eigenvalue weighted by atomic mass is 79.9. The van der Waals surface area contributed by atoms with Gasteiger partial charge in [-0.3, -0.25) is 0 Å². The first-order valence-electron chi connectivity index (χ1n) is 7.13. The number of aryl methyl sites for hydroxylation is 2. The van der Waals surface area contributed by atoms with Gasteiger partial charge in [0.2, 0.25) is 0 Å². The Hall–Kier alpha value is -1.13. The highest BCUT2D eigenvalue weighted by Crippen LogP contribution is 2.24. The van der Waals surface area contributed by atoms with E-state index in [2.05, 4.69) is 64.9 Å². The van der Waals surface area contributed by atoms with Crippen molar-refractivity contribution in [3.63, 3.8) is 0 Å². The van der Waals surface area contributed by atoms with E-state index in [0.29, 0.717) is 0 Å². The number of aromatic nitrogens is 2. The van der Waals surface area contributed by atoms with Gasteiger partial charge in [-0.2, -0.15) is 5.10 Å². The van der Waals surface area contributed by atoms with Crippen LogP contribution in [0.3, 0.4) is 0 Å². The predicted octanol–water partition coefficient (Wildman–Crippen LogP) is 3.79. The highest BCUT2D eigenvalue weighted by molar-refractivity contribution is 9.10. The van der Waals surface area contributed by atoms with Gasteiger partial charge in [0, 0.05) is 22.3 Å². The van der Waals surface area contributed by atoms with E-state index in [1.54, 1.807) is 0 Å². The molecule has 1 N–H and O–H groups in total. The van der Waals surface area contributed by atoms with Crippen LogP contribution in [0.25, 0.3) is 5.69 Å². The molecule has 0 radical (unpaired) electrons. The fourth-order valence-electron chi connectivity index (χ4n) is 2.62. The van der Waals surface area contributed by atoms with Crippen molar-refractivity contribution >= 4 is 15.9 Å². The summed E-state index contributed by atoms with van der Waals surface area (Å²) < 4.78 is 3.22. The molecule has 0 saturated carbocycles. The summed E-state index contributed by atoms with van der Waals surface area (Å²) in [5, 5.41) is 8.10. The molecule has 0 unspecified atom stereocenters. The maximum atomic E-state index is 4.84. The molecule has 0 aliphatic carbocycles. The van der Waals surface area contributed by atoms with Crippen molar-refractivity contribution in [2.24, 2.45) is 0 Å². The molecule has 3 nitrogen and oxygen atoms in total. The molecule has 0 aliphatic heterocycles. The second kappa shape index (κ2) is 6.55. The monoisotopic (exact) mass is 335 g/mol. The second-order valence-corrected chi connectivity index (χ2v) is 5.87. The van der Waals surface area contributed by atoms with Gasteiger partial charge in [0.25, 0.3) is 0 Å². The molecule has 0 atom stereocenters.